The summed E-state index contributed by atoms with van der Waals surface area (Å²) in [5, 5.41) is 1.38. The molecular formula is C9H22N2O. The van der Waals surface area contributed by atoms with Crippen LogP contribution in [0.5, 0.6) is 0 Å². The van der Waals surface area contributed by atoms with Crippen LogP contribution in [0, 0.1) is 5.92 Å². The van der Waals surface area contributed by atoms with E-state index in [1.165, 1.54) is 24.4 Å². The van der Waals surface area contributed by atoms with Crippen LogP contribution in [-0.2, 0) is 4.84 Å². The van der Waals surface area contributed by atoms with Crippen LogP contribution in [0.15, 0.2) is 0 Å². The maximum atomic E-state index is 5.43. The third-order valence-electron chi connectivity index (χ3n) is 1.89. The van der Waals surface area contributed by atoms with E-state index in [1.807, 2.05) is 0 Å². The Morgan fingerprint density at radius 1 is 1.25 bits per heavy atom. The number of hydrogen-bond acceptors (Lipinski definition) is 3. The Morgan fingerprint density at radius 3 is 2.42 bits per heavy atom. The lowest BCUT2D eigenvalue weighted by molar-refractivity contribution is -0.134. The molecule has 0 aromatic heterocycles. The molecule has 0 rings (SSSR count). The van der Waals surface area contributed by atoms with E-state index in [2.05, 4.69) is 13.8 Å². The molecule has 12 heavy (non-hydrogen) atoms. The molecule has 0 aliphatic heterocycles. The highest BCUT2D eigenvalue weighted by Gasteiger charge is 1.97. The summed E-state index contributed by atoms with van der Waals surface area (Å²) < 4.78 is 0. The Balaban J connectivity index is 3.00. The highest BCUT2D eigenvalue weighted by atomic mass is 16.7. The van der Waals surface area contributed by atoms with E-state index in [1.54, 1.807) is 7.11 Å². The van der Waals surface area contributed by atoms with E-state index in [-0.39, 0.29) is 0 Å². The third-order valence-corrected chi connectivity index (χ3v) is 1.89. The predicted molar refractivity (Wildman–Crippen MR) is 51.2 cm³/mol. The molecule has 0 aliphatic carbocycles. The quantitative estimate of drug-likeness (QED) is 0.364. The van der Waals surface area contributed by atoms with Crippen LogP contribution in [-0.4, -0.2) is 18.8 Å². The smallest absolute Gasteiger partial charge is 0.0591 e. The lowest BCUT2D eigenvalue weighted by atomic mass is 10.1. The first-order valence-corrected chi connectivity index (χ1v) is 4.73. The molecule has 0 radical (unpaired) electrons. The molecule has 0 aliphatic rings. The maximum Gasteiger partial charge on any atom is 0.0591 e. The summed E-state index contributed by atoms with van der Waals surface area (Å²) in [4.78, 5) is 4.79. The zero-order valence-corrected chi connectivity index (χ0v) is 8.55. The number of hydroxylamine groups is 1. The first-order chi connectivity index (χ1) is 5.66. The lowest BCUT2D eigenvalue weighted by Gasteiger charge is -2.12. The molecule has 2 N–H and O–H groups in total. The molecular weight excluding hydrogens is 152 g/mol. The van der Waals surface area contributed by atoms with Gasteiger partial charge in [0.05, 0.1) is 7.11 Å². The summed E-state index contributed by atoms with van der Waals surface area (Å²) in [5.74, 6) is 6.25. The van der Waals surface area contributed by atoms with Crippen molar-refractivity contribution in [2.75, 3.05) is 13.7 Å². The largest absolute Gasteiger partial charge is 0.288 e. The van der Waals surface area contributed by atoms with Gasteiger partial charge in [-0.3, -0.25) is 4.84 Å². The number of nitrogens with two attached hydrogens (primary N) is 1. The topological polar surface area (TPSA) is 38.5 Å². The number of nitrogens with zero attached hydrogens (tertiary/aromatic N) is 1. The second-order valence-electron chi connectivity index (χ2n) is 3.57. The molecule has 0 amide bonds. The predicted octanol–water partition coefficient (Wildman–Crippen LogP) is 1.94. The zero-order valence-electron chi connectivity index (χ0n) is 8.55. The van der Waals surface area contributed by atoms with Gasteiger partial charge in [0.2, 0.25) is 0 Å². The molecule has 0 aromatic carbocycles. The summed E-state index contributed by atoms with van der Waals surface area (Å²) in [6.45, 7) is 5.34. The van der Waals surface area contributed by atoms with Gasteiger partial charge in [-0.25, -0.2) is 5.84 Å². The minimum absolute atomic E-state index is 0.821. The second-order valence-corrected chi connectivity index (χ2v) is 3.57. The van der Waals surface area contributed by atoms with Crippen molar-refractivity contribution in [3.8, 4) is 0 Å². The standard InChI is InChI=1S/C9H22N2O/c1-9(2)7-5-4-6-8-11(10)12-3/h9H,4-8,10H2,1-3H3. The average molecular weight is 174 g/mol. The van der Waals surface area contributed by atoms with Crippen LogP contribution in [0.25, 0.3) is 0 Å². The number of unbranched alkanes of at least 4 members (excludes halogenated alkanes) is 2. The van der Waals surface area contributed by atoms with E-state index in [0.29, 0.717) is 0 Å². The Hall–Kier alpha value is -0.120. The van der Waals surface area contributed by atoms with Crippen LogP contribution in [0.2, 0.25) is 0 Å². The van der Waals surface area contributed by atoms with E-state index in [4.69, 9.17) is 10.7 Å². The molecule has 0 heterocycles. The molecule has 0 bridgehead atoms. The molecule has 0 aromatic rings. The van der Waals surface area contributed by atoms with Gasteiger partial charge in [0.1, 0.15) is 0 Å². The van der Waals surface area contributed by atoms with Gasteiger partial charge >= 0.3 is 0 Å². The summed E-state index contributed by atoms with van der Waals surface area (Å²) in [6.07, 6.45) is 4.99. The van der Waals surface area contributed by atoms with Crippen LogP contribution in [0.4, 0.5) is 0 Å². The van der Waals surface area contributed by atoms with Crippen molar-refractivity contribution in [2.45, 2.75) is 39.5 Å². The van der Waals surface area contributed by atoms with Crippen LogP contribution < -0.4 is 5.84 Å². The first kappa shape index (κ1) is 11.9. The van der Waals surface area contributed by atoms with Gasteiger partial charge in [-0.2, -0.15) is 0 Å². The summed E-state index contributed by atoms with van der Waals surface area (Å²) in [7, 11) is 1.59. The highest BCUT2D eigenvalue weighted by Crippen LogP contribution is 2.07. The third kappa shape index (κ3) is 7.98. The van der Waals surface area contributed by atoms with Gasteiger partial charge in [-0.15, -0.1) is 5.17 Å². The van der Waals surface area contributed by atoms with Gasteiger partial charge in [0.25, 0.3) is 0 Å². The summed E-state index contributed by atoms with van der Waals surface area (Å²) >= 11 is 0. The number of hydrazine groups is 1. The van der Waals surface area contributed by atoms with Gasteiger partial charge in [-0.05, 0) is 12.3 Å². The van der Waals surface area contributed by atoms with E-state index in [0.717, 1.165) is 18.9 Å². The summed E-state index contributed by atoms with van der Waals surface area (Å²) in [5.41, 5.74) is 0. The van der Waals surface area contributed by atoms with Crippen molar-refractivity contribution in [2.24, 2.45) is 11.8 Å². The molecule has 0 saturated carbocycles. The molecule has 0 saturated heterocycles. The fourth-order valence-corrected chi connectivity index (χ4v) is 1.09. The highest BCUT2D eigenvalue weighted by molar-refractivity contribution is 4.47. The summed E-state index contributed by atoms with van der Waals surface area (Å²) in [6, 6.07) is 0. The van der Waals surface area contributed by atoms with Crippen molar-refractivity contribution in [3.63, 3.8) is 0 Å². The van der Waals surface area contributed by atoms with Gasteiger partial charge < -0.3 is 0 Å². The fourth-order valence-electron chi connectivity index (χ4n) is 1.09. The first-order valence-electron chi connectivity index (χ1n) is 4.73. The van der Waals surface area contributed by atoms with Crippen molar-refractivity contribution < 1.29 is 4.84 Å². The Kier molecular flexibility index (Phi) is 7.45. The van der Waals surface area contributed by atoms with Crippen LogP contribution >= 0.6 is 0 Å². The van der Waals surface area contributed by atoms with Crippen LogP contribution in [0.1, 0.15) is 39.5 Å². The minimum atomic E-state index is 0.821. The molecule has 3 heteroatoms. The van der Waals surface area contributed by atoms with E-state index < -0.39 is 0 Å². The average Bonchev–Trinajstić information content (AvgIpc) is 2.03. The number of hydrogen-bond donors (Lipinski definition) is 1. The van der Waals surface area contributed by atoms with E-state index >= 15 is 0 Å². The van der Waals surface area contributed by atoms with Crippen molar-refractivity contribution in [1.82, 2.24) is 5.17 Å². The molecule has 74 valence electrons. The molecule has 3 nitrogen and oxygen atoms in total. The Bertz CT molecular complexity index is 96.5. The molecule has 0 fully saturated rings. The lowest BCUT2D eigenvalue weighted by Crippen LogP contribution is -2.30. The minimum Gasteiger partial charge on any atom is -0.288 e. The molecule has 0 unspecified atom stereocenters. The van der Waals surface area contributed by atoms with Crippen molar-refractivity contribution >= 4 is 0 Å². The van der Waals surface area contributed by atoms with Crippen molar-refractivity contribution in [3.05, 3.63) is 0 Å². The van der Waals surface area contributed by atoms with E-state index in [9.17, 15) is 0 Å². The molecule has 0 spiro atoms. The second kappa shape index (κ2) is 7.53. The van der Waals surface area contributed by atoms with Gasteiger partial charge in [0.15, 0.2) is 0 Å². The maximum absolute atomic E-state index is 5.43. The van der Waals surface area contributed by atoms with Crippen molar-refractivity contribution in [1.29, 1.82) is 0 Å². The normalized spacial score (nSPS) is 11.5. The molecule has 0 atom stereocenters. The monoisotopic (exact) mass is 174 g/mol. The zero-order chi connectivity index (χ0) is 9.40. The Labute approximate surface area is 75.8 Å². The van der Waals surface area contributed by atoms with Crippen LogP contribution in [0.3, 0.4) is 0 Å². The Morgan fingerprint density at radius 2 is 1.92 bits per heavy atom. The van der Waals surface area contributed by atoms with Gasteiger partial charge in [0, 0.05) is 6.54 Å². The van der Waals surface area contributed by atoms with Gasteiger partial charge in [-0.1, -0.05) is 33.1 Å². The SMILES string of the molecule is CON(N)CCCCCC(C)C. The fraction of sp³-hybridized carbons (Fsp3) is 1.00. The number of rotatable bonds is 7.